The molecule has 1 atom stereocenters. The van der Waals surface area contributed by atoms with E-state index in [0.717, 1.165) is 17.7 Å². The lowest BCUT2D eigenvalue weighted by atomic mass is 9.95. The first-order valence-electron chi connectivity index (χ1n) is 11.1. The molecule has 1 aliphatic rings. The molecule has 1 aliphatic heterocycles. The molecule has 8 nitrogen and oxygen atoms in total. The van der Waals surface area contributed by atoms with Gasteiger partial charge in [-0.05, 0) is 61.1 Å². The van der Waals surface area contributed by atoms with E-state index in [-0.39, 0.29) is 29.2 Å². The van der Waals surface area contributed by atoms with Gasteiger partial charge in [0, 0.05) is 24.7 Å². The number of primary sulfonamides is 1. The third-order valence-electron chi connectivity index (χ3n) is 6.08. The molecular weight excluding hydrogens is 442 g/mol. The molecule has 1 fully saturated rings. The smallest absolute Gasteiger partial charge is 0.260 e. The molecule has 1 unspecified atom stereocenters. The van der Waals surface area contributed by atoms with Gasteiger partial charge in [-0.3, -0.25) is 9.59 Å². The number of hydrogen-bond acceptors (Lipinski definition) is 5. The third-order valence-corrected chi connectivity index (χ3v) is 7.01. The van der Waals surface area contributed by atoms with Gasteiger partial charge < -0.3 is 15.0 Å². The van der Waals surface area contributed by atoms with Crippen LogP contribution in [0.3, 0.4) is 0 Å². The van der Waals surface area contributed by atoms with Crippen molar-refractivity contribution in [3.8, 4) is 5.75 Å². The van der Waals surface area contributed by atoms with Crippen molar-refractivity contribution < 1.29 is 22.7 Å². The first-order chi connectivity index (χ1) is 15.7. The van der Waals surface area contributed by atoms with Crippen LogP contribution in [0.15, 0.2) is 53.4 Å². The maximum absolute atomic E-state index is 12.6. The zero-order chi connectivity index (χ0) is 24.0. The summed E-state index contributed by atoms with van der Waals surface area (Å²) in [7, 11) is -3.77. The normalized spacial score (nSPS) is 15.7. The van der Waals surface area contributed by atoms with Gasteiger partial charge in [0.2, 0.25) is 15.9 Å². The molecule has 3 rings (SSSR count). The van der Waals surface area contributed by atoms with Gasteiger partial charge in [-0.2, -0.15) is 0 Å². The molecule has 0 aromatic heterocycles. The van der Waals surface area contributed by atoms with Crippen molar-refractivity contribution in [2.24, 2.45) is 11.1 Å². The summed E-state index contributed by atoms with van der Waals surface area (Å²) in [5.74, 6) is 0.624. The van der Waals surface area contributed by atoms with Gasteiger partial charge in [-0.25, -0.2) is 13.6 Å². The van der Waals surface area contributed by atoms with Crippen molar-refractivity contribution in [1.82, 2.24) is 4.90 Å². The predicted molar refractivity (Wildman–Crippen MR) is 126 cm³/mol. The number of nitrogens with two attached hydrogens (primary N) is 1. The van der Waals surface area contributed by atoms with Crippen molar-refractivity contribution >= 4 is 27.5 Å². The summed E-state index contributed by atoms with van der Waals surface area (Å²) < 4.78 is 28.5. The summed E-state index contributed by atoms with van der Waals surface area (Å²) in [6.07, 6.45) is 2.09. The van der Waals surface area contributed by atoms with Crippen LogP contribution < -0.4 is 15.2 Å². The third kappa shape index (κ3) is 6.55. The molecule has 2 amide bonds. The van der Waals surface area contributed by atoms with Crippen LogP contribution in [0.2, 0.25) is 0 Å². The Labute approximate surface area is 195 Å². The van der Waals surface area contributed by atoms with E-state index in [1.54, 1.807) is 4.90 Å². The number of hydrogen-bond donors (Lipinski definition) is 2. The van der Waals surface area contributed by atoms with Crippen LogP contribution in [-0.4, -0.2) is 44.8 Å². The molecule has 3 N–H and O–H groups in total. The Balaban J connectivity index is 1.48. The van der Waals surface area contributed by atoms with Gasteiger partial charge in [0.05, 0.1) is 4.90 Å². The van der Waals surface area contributed by atoms with Crippen molar-refractivity contribution in [2.45, 2.75) is 43.9 Å². The fourth-order valence-electron chi connectivity index (χ4n) is 3.83. The molecule has 33 heavy (non-hydrogen) atoms. The van der Waals surface area contributed by atoms with Gasteiger partial charge in [0.15, 0.2) is 6.61 Å². The van der Waals surface area contributed by atoms with Crippen LogP contribution in [0, 0.1) is 5.92 Å². The van der Waals surface area contributed by atoms with E-state index in [2.05, 4.69) is 19.2 Å². The first-order valence-corrected chi connectivity index (χ1v) is 12.7. The van der Waals surface area contributed by atoms with E-state index in [1.165, 1.54) is 24.3 Å². The zero-order valence-electron chi connectivity index (χ0n) is 19.0. The van der Waals surface area contributed by atoms with Crippen LogP contribution in [0.4, 0.5) is 5.69 Å². The van der Waals surface area contributed by atoms with Crippen LogP contribution >= 0.6 is 0 Å². The molecule has 0 bridgehead atoms. The average molecular weight is 474 g/mol. The Morgan fingerprint density at radius 2 is 1.76 bits per heavy atom. The van der Waals surface area contributed by atoms with E-state index < -0.39 is 10.0 Å². The Bertz CT molecular complexity index is 1080. The van der Waals surface area contributed by atoms with Crippen molar-refractivity contribution in [1.29, 1.82) is 0 Å². The number of likely N-dealkylation sites (tertiary alicyclic amines) is 1. The minimum absolute atomic E-state index is 0.0127. The Kier molecular flexibility index (Phi) is 8.10. The number of para-hydroxylation sites is 1. The molecular formula is C24H31N3O5S. The largest absolute Gasteiger partial charge is 0.483 e. The Morgan fingerprint density at radius 1 is 1.12 bits per heavy atom. The fraction of sp³-hybridized carbons (Fsp3) is 0.417. The van der Waals surface area contributed by atoms with Crippen LogP contribution in [0.5, 0.6) is 5.75 Å². The zero-order valence-corrected chi connectivity index (χ0v) is 19.8. The topological polar surface area (TPSA) is 119 Å². The Hall–Kier alpha value is -2.91. The number of sulfonamides is 1. The monoisotopic (exact) mass is 473 g/mol. The fourth-order valence-corrected chi connectivity index (χ4v) is 4.35. The lowest BCUT2D eigenvalue weighted by molar-refractivity contribution is -0.136. The van der Waals surface area contributed by atoms with Crippen LogP contribution in [-0.2, 0) is 19.6 Å². The van der Waals surface area contributed by atoms with Crippen LogP contribution in [0.1, 0.15) is 44.6 Å². The minimum Gasteiger partial charge on any atom is -0.483 e. The molecule has 0 spiro atoms. The number of anilines is 1. The van der Waals surface area contributed by atoms with E-state index in [4.69, 9.17) is 9.88 Å². The highest BCUT2D eigenvalue weighted by molar-refractivity contribution is 7.89. The highest BCUT2D eigenvalue weighted by Crippen LogP contribution is 2.28. The van der Waals surface area contributed by atoms with Crippen LogP contribution in [0.25, 0.3) is 0 Å². The molecule has 0 radical (unpaired) electrons. The molecule has 9 heteroatoms. The number of rotatable bonds is 8. The highest BCUT2D eigenvalue weighted by atomic mass is 32.2. The summed E-state index contributed by atoms with van der Waals surface area (Å²) in [5.41, 5.74) is 1.60. The van der Waals surface area contributed by atoms with E-state index in [0.29, 0.717) is 37.5 Å². The predicted octanol–water partition coefficient (Wildman–Crippen LogP) is 3.10. The van der Waals surface area contributed by atoms with Gasteiger partial charge >= 0.3 is 0 Å². The van der Waals surface area contributed by atoms with Gasteiger partial charge in [-0.15, -0.1) is 0 Å². The summed E-state index contributed by atoms with van der Waals surface area (Å²) in [6.45, 7) is 5.19. The lowest BCUT2D eigenvalue weighted by Gasteiger charge is -2.31. The molecule has 0 saturated carbocycles. The van der Waals surface area contributed by atoms with E-state index in [1.807, 2.05) is 24.3 Å². The molecule has 2 aromatic rings. The van der Waals surface area contributed by atoms with Crippen molar-refractivity contribution in [3.05, 3.63) is 54.1 Å². The number of piperidine rings is 1. The molecule has 2 aromatic carbocycles. The van der Waals surface area contributed by atoms with E-state index >= 15 is 0 Å². The highest BCUT2D eigenvalue weighted by Gasteiger charge is 2.27. The molecule has 178 valence electrons. The van der Waals surface area contributed by atoms with E-state index in [9.17, 15) is 18.0 Å². The number of nitrogens with one attached hydrogen (secondary N) is 1. The van der Waals surface area contributed by atoms with Crippen molar-refractivity contribution in [2.75, 3.05) is 25.0 Å². The Morgan fingerprint density at radius 3 is 2.36 bits per heavy atom. The second-order valence-electron chi connectivity index (χ2n) is 8.35. The number of nitrogens with zero attached hydrogens (tertiary/aromatic N) is 1. The number of benzene rings is 2. The maximum Gasteiger partial charge on any atom is 0.260 e. The summed E-state index contributed by atoms with van der Waals surface area (Å²) in [6, 6.07) is 13.5. The SMILES string of the molecule is CCC(C)c1ccccc1OCC(=O)N1CCC(C(=O)Nc2ccc(S(N)(=O)=O)cc2)CC1. The number of amides is 2. The quantitative estimate of drug-likeness (QED) is 0.611. The second-order valence-corrected chi connectivity index (χ2v) is 9.91. The van der Waals surface area contributed by atoms with Gasteiger partial charge in [0.25, 0.3) is 5.91 Å². The maximum atomic E-state index is 12.6. The molecule has 0 aliphatic carbocycles. The summed E-state index contributed by atoms with van der Waals surface area (Å²) in [4.78, 5) is 26.9. The van der Waals surface area contributed by atoms with Gasteiger partial charge in [0.1, 0.15) is 5.75 Å². The van der Waals surface area contributed by atoms with Crippen molar-refractivity contribution in [3.63, 3.8) is 0 Å². The minimum atomic E-state index is -3.77. The second kappa shape index (κ2) is 10.8. The number of carbonyl (C=O) groups is 2. The number of ether oxygens (including phenoxy) is 1. The molecule has 1 heterocycles. The number of carbonyl (C=O) groups excluding carboxylic acids is 2. The standard InChI is InChI=1S/C24H31N3O5S/c1-3-17(2)21-6-4-5-7-22(21)32-16-23(28)27-14-12-18(13-15-27)24(29)26-19-8-10-20(11-9-19)33(25,30)31/h4-11,17-18H,3,12-16H2,1-2H3,(H,26,29)(H2,25,30,31). The average Bonchev–Trinajstić information content (AvgIpc) is 2.82. The van der Waals surface area contributed by atoms with Gasteiger partial charge in [-0.1, -0.05) is 32.0 Å². The summed E-state index contributed by atoms with van der Waals surface area (Å²) in [5, 5.41) is 7.89. The summed E-state index contributed by atoms with van der Waals surface area (Å²) >= 11 is 0. The molecule has 1 saturated heterocycles. The first kappa shape index (κ1) is 24.7. The lowest BCUT2D eigenvalue weighted by Crippen LogP contribution is -2.43.